The molecule has 0 saturated heterocycles. The molecule has 1 aromatic heterocycles. The molecule has 0 atom stereocenters. The number of aromatic amines is 1. The van der Waals surface area contributed by atoms with Gasteiger partial charge in [0.15, 0.2) is 5.82 Å². The molecule has 0 fully saturated rings. The van der Waals surface area contributed by atoms with E-state index in [1.807, 2.05) is 0 Å². The van der Waals surface area contributed by atoms with Crippen LogP contribution in [-0.4, -0.2) is 24.1 Å². The maximum absolute atomic E-state index is 11.0. The lowest BCUT2D eigenvalue weighted by Crippen LogP contribution is -2.22. The van der Waals surface area contributed by atoms with Crippen molar-refractivity contribution in [3.63, 3.8) is 0 Å². The van der Waals surface area contributed by atoms with E-state index in [1.165, 1.54) is 0 Å². The minimum absolute atomic E-state index is 0. The number of hydrogen-bond acceptors (Lipinski definition) is 5. The highest BCUT2D eigenvalue weighted by atomic mass is 35.5. The molecule has 0 aliphatic heterocycles. The van der Waals surface area contributed by atoms with Crippen molar-refractivity contribution in [2.75, 3.05) is 30.5 Å². The molecule has 8 heteroatoms. The standard InChI is InChI=1S/C6H11N5O.2ClH/c1-11(2)6-9-4(8)3(7)5(12)10-6;;/h7H2,1-2H3,(H3,8,9,10,12);2*1H. The maximum atomic E-state index is 11.0. The van der Waals surface area contributed by atoms with Gasteiger partial charge in [-0.2, -0.15) is 4.98 Å². The van der Waals surface area contributed by atoms with Gasteiger partial charge in [-0.25, -0.2) is 0 Å². The zero-order chi connectivity index (χ0) is 9.30. The molecule has 0 aliphatic carbocycles. The van der Waals surface area contributed by atoms with E-state index in [0.29, 0.717) is 5.95 Å². The molecule has 1 rings (SSSR count). The van der Waals surface area contributed by atoms with E-state index >= 15 is 0 Å². The molecule has 0 unspecified atom stereocenters. The van der Waals surface area contributed by atoms with Crippen molar-refractivity contribution >= 4 is 42.3 Å². The highest BCUT2D eigenvalue weighted by Gasteiger charge is 2.05. The van der Waals surface area contributed by atoms with Gasteiger partial charge in [-0.15, -0.1) is 24.8 Å². The summed E-state index contributed by atoms with van der Waals surface area (Å²) in [4.78, 5) is 19.0. The molecular weight excluding hydrogens is 229 g/mol. The Morgan fingerprint density at radius 3 is 2.14 bits per heavy atom. The van der Waals surface area contributed by atoms with Crippen molar-refractivity contribution < 1.29 is 0 Å². The van der Waals surface area contributed by atoms with Crippen molar-refractivity contribution in [1.29, 1.82) is 0 Å². The van der Waals surface area contributed by atoms with Crippen LogP contribution in [0.15, 0.2) is 4.79 Å². The van der Waals surface area contributed by atoms with Crippen LogP contribution in [0.3, 0.4) is 0 Å². The van der Waals surface area contributed by atoms with Crippen LogP contribution in [0.5, 0.6) is 0 Å². The number of nitrogens with two attached hydrogens (primary N) is 2. The van der Waals surface area contributed by atoms with Crippen molar-refractivity contribution in [2.45, 2.75) is 0 Å². The molecule has 0 bridgehead atoms. The molecule has 6 nitrogen and oxygen atoms in total. The van der Waals surface area contributed by atoms with Crippen LogP contribution < -0.4 is 21.9 Å². The van der Waals surface area contributed by atoms with Gasteiger partial charge in [0.25, 0.3) is 5.56 Å². The molecule has 14 heavy (non-hydrogen) atoms. The Bertz CT molecular complexity index is 351. The van der Waals surface area contributed by atoms with Crippen LogP contribution in [0.25, 0.3) is 0 Å². The van der Waals surface area contributed by atoms with Gasteiger partial charge in [-0.05, 0) is 0 Å². The number of halogens is 2. The predicted octanol–water partition coefficient (Wildman–Crippen LogP) is -0.156. The van der Waals surface area contributed by atoms with Gasteiger partial charge in [-0.3, -0.25) is 9.78 Å². The zero-order valence-electron chi connectivity index (χ0n) is 7.77. The van der Waals surface area contributed by atoms with Gasteiger partial charge >= 0.3 is 0 Å². The summed E-state index contributed by atoms with van der Waals surface area (Å²) in [6, 6.07) is 0. The first-order chi connectivity index (χ1) is 5.52. The molecular formula is C6H13Cl2N5O. The molecule has 0 aliphatic rings. The van der Waals surface area contributed by atoms with E-state index < -0.39 is 5.56 Å². The van der Waals surface area contributed by atoms with E-state index in [9.17, 15) is 4.79 Å². The molecule has 0 aromatic carbocycles. The Kier molecular flexibility index (Phi) is 6.09. The third kappa shape index (κ3) is 2.97. The number of hydrogen-bond donors (Lipinski definition) is 3. The van der Waals surface area contributed by atoms with Crippen LogP contribution in [0, 0.1) is 0 Å². The van der Waals surface area contributed by atoms with Gasteiger partial charge in [-0.1, -0.05) is 0 Å². The molecule has 0 amide bonds. The quantitative estimate of drug-likeness (QED) is 0.635. The van der Waals surface area contributed by atoms with Gasteiger partial charge in [0.1, 0.15) is 5.69 Å². The smallest absolute Gasteiger partial charge is 0.277 e. The second kappa shape index (κ2) is 5.56. The second-order valence-corrected chi connectivity index (χ2v) is 2.58. The maximum Gasteiger partial charge on any atom is 0.277 e. The number of aromatic nitrogens is 2. The Labute approximate surface area is 93.5 Å². The third-order valence-corrected chi connectivity index (χ3v) is 1.40. The monoisotopic (exact) mass is 241 g/mol. The zero-order valence-corrected chi connectivity index (χ0v) is 9.41. The normalized spacial score (nSPS) is 8.43. The average molecular weight is 242 g/mol. The summed E-state index contributed by atoms with van der Waals surface area (Å²) in [5, 5.41) is 0. The molecule has 1 aromatic rings. The SMILES string of the molecule is CN(C)c1nc(N)c(N)c(=O)[nH]1.Cl.Cl. The van der Waals surface area contributed by atoms with Gasteiger partial charge < -0.3 is 16.4 Å². The predicted molar refractivity (Wildman–Crippen MR) is 62.5 cm³/mol. The Hall–Kier alpha value is -1.14. The molecule has 5 N–H and O–H groups in total. The third-order valence-electron chi connectivity index (χ3n) is 1.40. The summed E-state index contributed by atoms with van der Waals surface area (Å²) in [6.45, 7) is 0. The first kappa shape index (κ1) is 15.3. The fraction of sp³-hybridized carbons (Fsp3) is 0.333. The van der Waals surface area contributed by atoms with Crippen LogP contribution in [-0.2, 0) is 0 Å². The fourth-order valence-corrected chi connectivity index (χ4v) is 0.699. The number of anilines is 3. The lowest BCUT2D eigenvalue weighted by Gasteiger charge is -2.10. The minimum atomic E-state index is -0.411. The number of nitrogens with zero attached hydrogens (tertiary/aromatic N) is 2. The van der Waals surface area contributed by atoms with Gasteiger partial charge in [0.05, 0.1) is 0 Å². The Morgan fingerprint density at radius 2 is 1.79 bits per heavy atom. The van der Waals surface area contributed by atoms with Crippen molar-refractivity contribution in [1.82, 2.24) is 9.97 Å². The molecule has 0 saturated carbocycles. The topological polar surface area (TPSA) is 101 Å². The summed E-state index contributed by atoms with van der Waals surface area (Å²) in [5.74, 6) is 0.453. The molecule has 0 radical (unpaired) electrons. The van der Waals surface area contributed by atoms with Crippen molar-refractivity contribution in [3.05, 3.63) is 10.4 Å². The number of nitrogens with one attached hydrogen (secondary N) is 1. The second-order valence-electron chi connectivity index (χ2n) is 2.58. The van der Waals surface area contributed by atoms with E-state index in [2.05, 4.69) is 9.97 Å². The number of H-pyrrole nitrogens is 1. The highest BCUT2D eigenvalue weighted by molar-refractivity contribution is 5.85. The Balaban J connectivity index is 0. The highest BCUT2D eigenvalue weighted by Crippen LogP contribution is 2.07. The minimum Gasteiger partial charge on any atom is -0.391 e. The summed E-state index contributed by atoms with van der Waals surface area (Å²) in [6.07, 6.45) is 0. The first-order valence-electron chi connectivity index (χ1n) is 3.35. The Morgan fingerprint density at radius 1 is 1.29 bits per heavy atom. The van der Waals surface area contributed by atoms with Gasteiger partial charge in [0.2, 0.25) is 5.95 Å². The van der Waals surface area contributed by atoms with Crippen LogP contribution in [0.1, 0.15) is 0 Å². The molecule has 82 valence electrons. The van der Waals surface area contributed by atoms with E-state index in [0.717, 1.165) is 0 Å². The van der Waals surface area contributed by atoms with E-state index in [4.69, 9.17) is 11.5 Å². The first-order valence-corrected chi connectivity index (χ1v) is 3.35. The number of rotatable bonds is 1. The lowest BCUT2D eigenvalue weighted by molar-refractivity contribution is 0.988. The summed E-state index contributed by atoms with van der Waals surface area (Å²) < 4.78 is 0. The molecule has 0 spiro atoms. The summed E-state index contributed by atoms with van der Waals surface area (Å²) in [5.41, 5.74) is 10.2. The summed E-state index contributed by atoms with van der Waals surface area (Å²) in [7, 11) is 3.49. The van der Waals surface area contributed by atoms with Crippen molar-refractivity contribution in [2.24, 2.45) is 0 Å². The van der Waals surface area contributed by atoms with Crippen molar-refractivity contribution in [3.8, 4) is 0 Å². The number of nitrogen functional groups attached to an aromatic ring is 2. The largest absolute Gasteiger partial charge is 0.391 e. The van der Waals surface area contributed by atoms with Crippen LogP contribution in [0.4, 0.5) is 17.5 Å². The average Bonchev–Trinajstić information content (AvgIpc) is 1.99. The summed E-state index contributed by atoms with van der Waals surface area (Å²) >= 11 is 0. The fourth-order valence-electron chi connectivity index (χ4n) is 0.699. The van der Waals surface area contributed by atoms with Crippen LogP contribution in [0.2, 0.25) is 0 Å². The molecule has 1 heterocycles. The lowest BCUT2D eigenvalue weighted by atomic mass is 10.5. The van der Waals surface area contributed by atoms with E-state index in [1.54, 1.807) is 19.0 Å². The van der Waals surface area contributed by atoms with Gasteiger partial charge in [0, 0.05) is 14.1 Å². The van der Waals surface area contributed by atoms with E-state index in [-0.39, 0.29) is 36.3 Å². The van der Waals surface area contributed by atoms with Crippen LogP contribution >= 0.6 is 24.8 Å².